The van der Waals surface area contributed by atoms with Gasteiger partial charge in [-0.3, -0.25) is 0 Å². The van der Waals surface area contributed by atoms with Crippen LogP contribution in [0.4, 0.5) is 0 Å². The van der Waals surface area contributed by atoms with E-state index in [1.54, 1.807) is 0 Å². The van der Waals surface area contributed by atoms with E-state index in [9.17, 15) is 10.2 Å². The topological polar surface area (TPSA) is 77.4 Å². The van der Waals surface area contributed by atoms with Gasteiger partial charge in [0, 0.05) is 19.8 Å². The summed E-state index contributed by atoms with van der Waals surface area (Å²) in [5.74, 6) is 0. The Hall–Kier alpha value is -0.240. The molecule has 5 atom stereocenters. The van der Waals surface area contributed by atoms with Gasteiger partial charge in [-0.05, 0) is 19.3 Å². The van der Waals surface area contributed by atoms with E-state index >= 15 is 0 Å². The van der Waals surface area contributed by atoms with E-state index in [1.807, 2.05) is 0 Å². The lowest BCUT2D eigenvalue weighted by atomic mass is 9.98. The van der Waals surface area contributed by atoms with Crippen LogP contribution in [0.3, 0.4) is 0 Å². The maximum Gasteiger partial charge on any atom is 0.184 e. The van der Waals surface area contributed by atoms with Crippen molar-refractivity contribution < 1.29 is 29.2 Å². The number of ether oxygens (including phenoxy) is 4. The molecule has 0 bridgehead atoms. The molecular formula is C18H36O6. The van der Waals surface area contributed by atoms with Crippen LogP contribution < -0.4 is 0 Å². The van der Waals surface area contributed by atoms with E-state index in [1.165, 1.54) is 0 Å². The molecule has 0 amide bonds. The lowest BCUT2D eigenvalue weighted by molar-refractivity contribution is -0.310. The van der Waals surface area contributed by atoms with Crippen LogP contribution in [0.25, 0.3) is 0 Å². The molecule has 144 valence electrons. The van der Waals surface area contributed by atoms with Crippen molar-refractivity contribution in [1.82, 2.24) is 0 Å². The standard InChI is InChI=1S/C18H36O6/c1-4-7-10-21-15-14(13-19)24-18(20)17(23-12-9-6-3)16(15)22-11-8-5-2/h14-20H,4-13H2,1-3H3/t14?,15-,16-,17+,18-/m0/s1. The van der Waals surface area contributed by atoms with E-state index in [0.29, 0.717) is 19.8 Å². The van der Waals surface area contributed by atoms with Gasteiger partial charge < -0.3 is 29.2 Å². The monoisotopic (exact) mass is 348 g/mol. The number of aliphatic hydroxyl groups excluding tert-OH is 2. The Balaban J connectivity index is 2.79. The summed E-state index contributed by atoms with van der Waals surface area (Å²) in [6.07, 6.45) is 2.65. The van der Waals surface area contributed by atoms with Crippen LogP contribution in [0, 0.1) is 0 Å². The third kappa shape index (κ3) is 6.94. The highest BCUT2D eigenvalue weighted by Gasteiger charge is 2.47. The van der Waals surface area contributed by atoms with Crippen LogP contribution in [-0.2, 0) is 18.9 Å². The van der Waals surface area contributed by atoms with Crippen LogP contribution in [0.2, 0.25) is 0 Å². The molecule has 6 heteroatoms. The summed E-state index contributed by atoms with van der Waals surface area (Å²) >= 11 is 0. The Kier molecular flexibility index (Phi) is 11.8. The molecule has 1 rings (SSSR count). The van der Waals surface area contributed by atoms with E-state index < -0.39 is 30.7 Å². The molecule has 1 unspecified atom stereocenters. The molecule has 0 aromatic carbocycles. The zero-order valence-electron chi connectivity index (χ0n) is 15.5. The van der Waals surface area contributed by atoms with Crippen molar-refractivity contribution in [1.29, 1.82) is 0 Å². The highest BCUT2D eigenvalue weighted by Crippen LogP contribution is 2.27. The van der Waals surface area contributed by atoms with Crippen molar-refractivity contribution in [2.75, 3.05) is 26.4 Å². The lowest BCUT2D eigenvalue weighted by Crippen LogP contribution is -2.61. The van der Waals surface area contributed by atoms with E-state index in [0.717, 1.165) is 38.5 Å². The fourth-order valence-electron chi connectivity index (χ4n) is 2.70. The minimum absolute atomic E-state index is 0.219. The summed E-state index contributed by atoms with van der Waals surface area (Å²) < 4.78 is 23.3. The van der Waals surface area contributed by atoms with Gasteiger partial charge in [-0.2, -0.15) is 0 Å². The largest absolute Gasteiger partial charge is 0.394 e. The first-order valence-electron chi connectivity index (χ1n) is 9.48. The van der Waals surface area contributed by atoms with Crippen LogP contribution in [0.1, 0.15) is 59.3 Å². The summed E-state index contributed by atoms with van der Waals surface area (Å²) in [5, 5.41) is 19.9. The quantitative estimate of drug-likeness (QED) is 0.497. The summed E-state index contributed by atoms with van der Waals surface area (Å²) in [7, 11) is 0. The minimum Gasteiger partial charge on any atom is -0.394 e. The van der Waals surface area contributed by atoms with E-state index in [4.69, 9.17) is 18.9 Å². The Morgan fingerprint density at radius 2 is 1.21 bits per heavy atom. The molecule has 0 aromatic heterocycles. The zero-order chi connectivity index (χ0) is 17.8. The van der Waals surface area contributed by atoms with Crippen molar-refractivity contribution in [2.45, 2.75) is 90.0 Å². The van der Waals surface area contributed by atoms with Crippen LogP contribution in [-0.4, -0.2) is 67.3 Å². The molecule has 1 aliphatic rings. The average molecular weight is 348 g/mol. The Morgan fingerprint density at radius 3 is 1.67 bits per heavy atom. The first kappa shape index (κ1) is 21.8. The maximum absolute atomic E-state index is 10.3. The van der Waals surface area contributed by atoms with Gasteiger partial charge in [0.25, 0.3) is 0 Å². The second-order valence-corrected chi connectivity index (χ2v) is 6.31. The van der Waals surface area contributed by atoms with Gasteiger partial charge in [0.15, 0.2) is 6.29 Å². The van der Waals surface area contributed by atoms with Gasteiger partial charge in [0.05, 0.1) is 6.61 Å². The van der Waals surface area contributed by atoms with Gasteiger partial charge in [0.2, 0.25) is 0 Å². The smallest absolute Gasteiger partial charge is 0.184 e. The molecular weight excluding hydrogens is 312 g/mol. The normalized spacial score (nSPS) is 30.6. The molecule has 2 N–H and O–H groups in total. The van der Waals surface area contributed by atoms with E-state index in [2.05, 4.69) is 20.8 Å². The number of hydrogen-bond donors (Lipinski definition) is 2. The van der Waals surface area contributed by atoms with Gasteiger partial charge in [0.1, 0.15) is 24.4 Å². The number of hydrogen-bond acceptors (Lipinski definition) is 6. The van der Waals surface area contributed by atoms with Crippen molar-refractivity contribution in [3.05, 3.63) is 0 Å². The van der Waals surface area contributed by atoms with Crippen LogP contribution in [0.5, 0.6) is 0 Å². The van der Waals surface area contributed by atoms with Crippen molar-refractivity contribution >= 4 is 0 Å². The molecule has 1 saturated heterocycles. The highest BCUT2D eigenvalue weighted by molar-refractivity contribution is 4.92. The van der Waals surface area contributed by atoms with Gasteiger partial charge in [-0.25, -0.2) is 0 Å². The zero-order valence-corrected chi connectivity index (χ0v) is 15.5. The molecule has 1 heterocycles. The number of rotatable bonds is 13. The summed E-state index contributed by atoms with van der Waals surface area (Å²) in [6, 6.07) is 0. The fourth-order valence-corrected chi connectivity index (χ4v) is 2.70. The highest BCUT2D eigenvalue weighted by atomic mass is 16.7. The van der Waals surface area contributed by atoms with Gasteiger partial charge in [-0.1, -0.05) is 40.0 Å². The molecule has 0 aliphatic carbocycles. The predicted molar refractivity (Wildman–Crippen MR) is 91.9 cm³/mol. The van der Waals surface area contributed by atoms with Crippen LogP contribution in [0.15, 0.2) is 0 Å². The maximum atomic E-state index is 10.3. The first-order valence-corrected chi connectivity index (χ1v) is 9.48. The third-order valence-electron chi connectivity index (χ3n) is 4.21. The molecule has 6 nitrogen and oxygen atoms in total. The van der Waals surface area contributed by atoms with E-state index in [-0.39, 0.29) is 6.61 Å². The fraction of sp³-hybridized carbons (Fsp3) is 1.00. The lowest BCUT2D eigenvalue weighted by Gasteiger charge is -2.44. The third-order valence-corrected chi connectivity index (χ3v) is 4.21. The molecule has 0 radical (unpaired) electrons. The second kappa shape index (κ2) is 13.0. The summed E-state index contributed by atoms with van der Waals surface area (Å²) in [4.78, 5) is 0. The molecule has 24 heavy (non-hydrogen) atoms. The SMILES string of the molecule is CCCCO[C@@H]1[C@@H](OCCCC)[C@@H](OCCCC)C(CO)O[C@@H]1O. The average Bonchev–Trinajstić information content (AvgIpc) is 2.58. The van der Waals surface area contributed by atoms with Crippen molar-refractivity contribution in [3.63, 3.8) is 0 Å². The molecule has 1 aliphatic heterocycles. The van der Waals surface area contributed by atoms with Crippen molar-refractivity contribution in [2.24, 2.45) is 0 Å². The summed E-state index contributed by atoms with van der Waals surface area (Å²) in [6.45, 7) is 7.76. The van der Waals surface area contributed by atoms with Crippen molar-refractivity contribution in [3.8, 4) is 0 Å². The molecule has 0 spiro atoms. The number of unbranched alkanes of at least 4 members (excludes halogenated alkanes) is 3. The Bertz CT molecular complexity index is 301. The van der Waals surface area contributed by atoms with Gasteiger partial charge >= 0.3 is 0 Å². The molecule has 1 fully saturated rings. The predicted octanol–water partition coefficient (Wildman–Crippen LogP) is 2.25. The molecule has 0 saturated carbocycles. The van der Waals surface area contributed by atoms with Gasteiger partial charge in [-0.15, -0.1) is 0 Å². The summed E-state index contributed by atoms with van der Waals surface area (Å²) in [5.41, 5.74) is 0. The number of aliphatic hydroxyl groups is 2. The first-order chi connectivity index (χ1) is 11.7. The second-order valence-electron chi connectivity index (χ2n) is 6.31. The molecule has 0 aromatic rings. The Labute approximate surface area is 146 Å². The minimum atomic E-state index is -1.11. The Morgan fingerprint density at radius 1 is 0.750 bits per heavy atom. The van der Waals surface area contributed by atoms with Crippen LogP contribution >= 0.6 is 0 Å².